The Hall–Kier alpha value is -3.14. The molecule has 0 unspecified atom stereocenters. The van der Waals surface area contributed by atoms with Gasteiger partial charge in [0.15, 0.2) is 0 Å². The topological polar surface area (TPSA) is 52.6 Å². The fraction of sp³-hybridized carbons (Fsp3) is 0.379. The number of carbonyl (C=O) groups excluding carboxylic acids is 2. The number of benzene rings is 2. The Bertz CT molecular complexity index is 977. The monoisotopic (exact) mass is 446 g/mol. The maximum Gasteiger partial charge on any atom is 0.333 e. The van der Waals surface area contributed by atoms with E-state index in [1.807, 2.05) is 12.1 Å². The largest absolute Gasteiger partial charge is 0.457 e. The summed E-state index contributed by atoms with van der Waals surface area (Å²) in [6.45, 7) is 11.1. The quantitative estimate of drug-likeness (QED) is 0.328. The summed E-state index contributed by atoms with van der Waals surface area (Å²) in [6, 6.07) is 16.8. The van der Waals surface area contributed by atoms with Crippen molar-refractivity contribution in [1.82, 2.24) is 0 Å². The fourth-order valence-electron chi connectivity index (χ4n) is 4.23. The number of rotatable bonds is 9. The Labute approximate surface area is 197 Å². The van der Waals surface area contributed by atoms with E-state index in [9.17, 15) is 9.59 Å². The maximum absolute atomic E-state index is 11.5. The molecule has 0 bridgehead atoms. The van der Waals surface area contributed by atoms with Crippen molar-refractivity contribution in [3.63, 3.8) is 0 Å². The molecule has 4 nitrogen and oxygen atoms in total. The molecule has 1 aliphatic carbocycles. The van der Waals surface area contributed by atoms with E-state index >= 15 is 0 Å². The molecule has 4 heteroatoms. The second kappa shape index (κ2) is 11.6. The summed E-state index contributed by atoms with van der Waals surface area (Å²) in [5.74, 6) is 0.600. The van der Waals surface area contributed by atoms with Gasteiger partial charge in [-0.05, 0) is 80.0 Å². The molecule has 0 aromatic heterocycles. The molecular weight excluding hydrogens is 412 g/mol. The molecule has 0 radical (unpaired) electrons. The maximum atomic E-state index is 11.5. The van der Waals surface area contributed by atoms with Crippen molar-refractivity contribution in [1.29, 1.82) is 0 Å². The van der Waals surface area contributed by atoms with Crippen molar-refractivity contribution < 1.29 is 19.1 Å². The molecule has 0 spiro atoms. The summed E-state index contributed by atoms with van der Waals surface area (Å²) < 4.78 is 10.4. The first-order valence-electron chi connectivity index (χ1n) is 11.6. The van der Waals surface area contributed by atoms with Gasteiger partial charge < -0.3 is 9.47 Å². The van der Waals surface area contributed by atoms with Crippen LogP contribution in [0.5, 0.6) is 0 Å². The Kier molecular flexibility index (Phi) is 8.65. The predicted octanol–water partition coefficient (Wildman–Crippen LogP) is 6.44. The third-order valence-electron chi connectivity index (χ3n) is 6.28. The lowest BCUT2D eigenvalue weighted by molar-refractivity contribution is -0.141. The number of hydrogen-bond donors (Lipinski definition) is 0. The van der Waals surface area contributed by atoms with Crippen LogP contribution in [0, 0.1) is 5.92 Å². The lowest BCUT2D eigenvalue weighted by atomic mass is 9.76. The Morgan fingerprint density at radius 2 is 1.15 bits per heavy atom. The number of esters is 2. The van der Waals surface area contributed by atoms with Crippen molar-refractivity contribution in [3.05, 3.63) is 95.1 Å². The number of hydrogen-bond acceptors (Lipinski definition) is 4. The first-order valence-corrected chi connectivity index (χ1v) is 11.6. The van der Waals surface area contributed by atoms with Gasteiger partial charge in [0.05, 0.1) is 0 Å². The molecule has 0 heterocycles. The highest BCUT2D eigenvalue weighted by Gasteiger charge is 2.22. The van der Waals surface area contributed by atoms with Crippen LogP contribution in [0.1, 0.15) is 67.7 Å². The Morgan fingerprint density at radius 3 is 1.61 bits per heavy atom. The first-order chi connectivity index (χ1) is 15.8. The average molecular weight is 447 g/mol. The lowest BCUT2D eigenvalue weighted by Gasteiger charge is -2.29. The molecule has 0 N–H and O–H groups in total. The minimum Gasteiger partial charge on any atom is -0.457 e. The van der Waals surface area contributed by atoms with Crippen LogP contribution in [-0.2, 0) is 38.7 Å². The summed E-state index contributed by atoms with van der Waals surface area (Å²) in [4.78, 5) is 23.1. The molecule has 0 aliphatic heterocycles. The number of ether oxygens (including phenoxy) is 2. The van der Waals surface area contributed by atoms with Crippen molar-refractivity contribution >= 4 is 11.9 Å². The molecule has 1 aliphatic rings. The molecule has 0 amide bonds. The molecule has 2 aromatic rings. The van der Waals surface area contributed by atoms with Crippen LogP contribution >= 0.6 is 0 Å². The third-order valence-corrected chi connectivity index (χ3v) is 6.28. The second-order valence-electron chi connectivity index (χ2n) is 9.19. The minimum absolute atomic E-state index is 0.284. The zero-order valence-electron chi connectivity index (χ0n) is 19.8. The highest BCUT2D eigenvalue weighted by Crippen LogP contribution is 2.37. The SMILES string of the molecule is C=C(C)C(=O)OCc1ccc(CC2CCC(c3ccc(COC(=O)C(=C)C)cc3)CC2)cc1. The van der Waals surface area contributed by atoms with Crippen LogP contribution < -0.4 is 0 Å². The van der Waals surface area contributed by atoms with Crippen LogP contribution in [0.2, 0.25) is 0 Å². The summed E-state index contributed by atoms with van der Waals surface area (Å²) in [7, 11) is 0. The van der Waals surface area contributed by atoms with Crippen LogP contribution in [0.3, 0.4) is 0 Å². The van der Waals surface area contributed by atoms with Gasteiger partial charge in [-0.3, -0.25) is 0 Å². The molecule has 3 rings (SSSR count). The van der Waals surface area contributed by atoms with Crippen molar-refractivity contribution in [3.8, 4) is 0 Å². The van der Waals surface area contributed by atoms with Crippen molar-refractivity contribution in [2.24, 2.45) is 5.92 Å². The molecule has 1 saturated carbocycles. The van der Waals surface area contributed by atoms with Crippen LogP contribution in [-0.4, -0.2) is 11.9 Å². The summed E-state index contributed by atoms with van der Waals surface area (Å²) in [5, 5.41) is 0. The highest BCUT2D eigenvalue weighted by molar-refractivity contribution is 5.87. The fourth-order valence-corrected chi connectivity index (χ4v) is 4.23. The van der Waals surface area contributed by atoms with E-state index in [1.54, 1.807) is 13.8 Å². The minimum atomic E-state index is -0.350. The zero-order valence-corrected chi connectivity index (χ0v) is 19.8. The highest BCUT2D eigenvalue weighted by atomic mass is 16.5. The smallest absolute Gasteiger partial charge is 0.333 e. The van der Waals surface area contributed by atoms with Crippen molar-refractivity contribution in [2.45, 2.75) is 65.1 Å². The van der Waals surface area contributed by atoms with Crippen LogP contribution in [0.4, 0.5) is 0 Å². The Balaban J connectivity index is 1.43. The van der Waals surface area contributed by atoms with E-state index in [1.165, 1.54) is 36.8 Å². The van der Waals surface area contributed by atoms with Gasteiger partial charge in [-0.2, -0.15) is 0 Å². The van der Waals surface area contributed by atoms with E-state index in [-0.39, 0.29) is 25.2 Å². The first kappa shape index (κ1) is 24.5. The molecular formula is C29H34O4. The van der Waals surface area contributed by atoms with E-state index in [0.717, 1.165) is 17.5 Å². The summed E-state index contributed by atoms with van der Waals surface area (Å²) >= 11 is 0. The van der Waals surface area contributed by atoms with Gasteiger partial charge in [0, 0.05) is 11.1 Å². The molecule has 0 saturated heterocycles. The lowest BCUT2D eigenvalue weighted by Crippen LogP contribution is -2.15. The average Bonchev–Trinajstić information content (AvgIpc) is 2.82. The van der Waals surface area contributed by atoms with Crippen LogP contribution in [0.25, 0.3) is 0 Å². The van der Waals surface area contributed by atoms with E-state index in [0.29, 0.717) is 23.0 Å². The molecule has 174 valence electrons. The summed E-state index contributed by atoms with van der Waals surface area (Å²) in [6.07, 6.45) is 5.93. The molecule has 2 aromatic carbocycles. The van der Waals surface area contributed by atoms with Crippen LogP contribution in [0.15, 0.2) is 72.8 Å². The second-order valence-corrected chi connectivity index (χ2v) is 9.19. The Morgan fingerprint density at radius 1 is 0.727 bits per heavy atom. The van der Waals surface area contributed by atoms with Gasteiger partial charge in [0.1, 0.15) is 13.2 Å². The molecule has 0 atom stereocenters. The number of carbonyl (C=O) groups is 2. The van der Waals surface area contributed by atoms with E-state index < -0.39 is 0 Å². The van der Waals surface area contributed by atoms with Gasteiger partial charge in [0.25, 0.3) is 0 Å². The van der Waals surface area contributed by atoms with Gasteiger partial charge >= 0.3 is 11.9 Å². The summed E-state index contributed by atoms with van der Waals surface area (Å²) in [5.41, 5.74) is 5.54. The van der Waals surface area contributed by atoms with Gasteiger partial charge in [-0.1, -0.05) is 61.7 Å². The zero-order chi connectivity index (χ0) is 23.8. The molecule has 1 fully saturated rings. The third kappa shape index (κ3) is 7.45. The van der Waals surface area contributed by atoms with E-state index in [4.69, 9.17) is 9.47 Å². The van der Waals surface area contributed by atoms with Gasteiger partial charge in [-0.15, -0.1) is 0 Å². The van der Waals surface area contributed by atoms with Gasteiger partial charge in [-0.25, -0.2) is 9.59 Å². The normalized spacial score (nSPS) is 17.8. The van der Waals surface area contributed by atoms with Crippen molar-refractivity contribution in [2.75, 3.05) is 0 Å². The predicted molar refractivity (Wildman–Crippen MR) is 131 cm³/mol. The standard InChI is InChI=1S/C29H34O4/c1-20(2)28(30)32-18-24-7-5-22(6-8-24)17-23-9-13-26(14-10-23)27-15-11-25(12-16-27)19-33-29(31)21(3)4/h5-8,11-12,15-16,23,26H,1,3,9-10,13-14,17-19H2,2,4H3. The molecule has 33 heavy (non-hydrogen) atoms. The van der Waals surface area contributed by atoms with Gasteiger partial charge in [0.2, 0.25) is 0 Å². The van der Waals surface area contributed by atoms with E-state index in [2.05, 4.69) is 49.6 Å².